The molecule has 0 saturated carbocycles. The van der Waals surface area contributed by atoms with E-state index in [-0.39, 0.29) is 14.9 Å². The van der Waals surface area contributed by atoms with Crippen LogP contribution >= 0.6 is 0 Å². The van der Waals surface area contributed by atoms with E-state index in [2.05, 4.69) is 370 Å². The average Bonchev–Trinajstić information content (AvgIpc) is 1.52. The summed E-state index contributed by atoms with van der Waals surface area (Å²) in [5.41, 5.74) is 36.9. The number of aromatic nitrogens is 6. The van der Waals surface area contributed by atoms with E-state index in [0.717, 1.165) is 99.5 Å². The molecule has 0 N–H and O–H groups in total. The van der Waals surface area contributed by atoms with Crippen molar-refractivity contribution in [2.24, 2.45) is 0 Å². The molecule has 8 heteroatoms. The summed E-state index contributed by atoms with van der Waals surface area (Å²) in [7, 11) is 0. The number of hydrogen-bond acceptors (Lipinski definition) is 8. The molecular weight excluding hydrogens is 1530 g/mol. The SMILES string of the molecule is C.C.c1ccc(-c2ccc(-c3nc(-c4ccc5c(c4)-c4ccccc4C54c5ccccc5-c5ccccc5-c5ccccc54)nc(-c4ccc5c(c4)oc4ccccc45)n3)cc2)cc1.c1ccc(-c2ccc(-c3nc(-c4ccc5c(c4)-c4ccccc4C54c5ccccc5-c5ccccc5-c5ccccc54)nc(-c4cccc5c4oc4ccccc45)n3)cc2)cc1. The predicted octanol–water partition coefficient (Wildman–Crippen LogP) is 30.2. The van der Waals surface area contributed by atoms with Crippen LogP contribution in [0.15, 0.2) is 433 Å². The molecule has 0 fully saturated rings. The van der Waals surface area contributed by atoms with Gasteiger partial charge in [-0.25, -0.2) is 29.9 Å². The first-order valence-electron chi connectivity index (χ1n) is 42.2. The first kappa shape index (κ1) is 74.6. The van der Waals surface area contributed by atoms with E-state index in [1.165, 1.54) is 111 Å². The van der Waals surface area contributed by atoms with Crippen molar-refractivity contribution in [1.29, 1.82) is 0 Å². The maximum absolute atomic E-state index is 6.55. The normalized spacial score (nSPS) is 12.8. The Balaban J connectivity index is 0.000000143. The van der Waals surface area contributed by atoms with Crippen molar-refractivity contribution in [3.8, 4) is 157 Å². The van der Waals surface area contributed by atoms with Crippen LogP contribution < -0.4 is 0 Å². The fraction of sp³-hybridized carbons (Fsp3) is 0.0339. The Morgan fingerprint density at radius 1 is 0.151 bits per heavy atom. The Labute approximate surface area is 729 Å². The number of rotatable bonds is 8. The third-order valence-corrected chi connectivity index (χ3v) is 26.0. The molecule has 0 unspecified atom stereocenters. The molecule has 0 aliphatic heterocycles. The highest BCUT2D eigenvalue weighted by atomic mass is 16.3. The zero-order valence-corrected chi connectivity index (χ0v) is 66.9. The lowest BCUT2D eigenvalue weighted by atomic mass is 9.66. The monoisotopic (exact) mass is 1610 g/mol. The van der Waals surface area contributed by atoms with Gasteiger partial charge in [0.2, 0.25) is 0 Å². The summed E-state index contributed by atoms with van der Waals surface area (Å²) in [5, 5.41) is 4.24. The highest BCUT2D eigenvalue weighted by Gasteiger charge is 2.52. The Morgan fingerprint density at radius 2 is 0.405 bits per heavy atom. The van der Waals surface area contributed by atoms with Crippen LogP contribution in [-0.2, 0) is 10.8 Å². The summed E-state index contributed by atoms with van der Waals surface area (Å²) in [6.45, 7) is 0. The molecule has 0 radical (unpaired) electrons. The lowest BCUT2D eigenvalue weighted by Crippen LogP contribution is -2.29. The first-order valence-corrected chi connectivity index (χ1v) is 42.2. The minimum Gasteiger partial charge on any atom is -0.456 e. The zero-order valence-electron chi connectivity index (χ0n) is 66.9. The van der Waals surface area contributed by atoms with Crippen LogP contribution in [0.2, 0.25) is 0 Å². The van der Waals surface area contributed by atoms with Crippen molar-refractivity contribution in [3.63, 3.8) is 0 Å². The van der Waals surface area contributed by atoms with Gasteiger partial charge in [-0.05, 0) is 176 Å². The fourth-order valence-electron chi connectivity index (χ4n) is 20.6. The van der Waals surface area contributed by atoms with Gasteiger partial charge in [-0.2, -0.15) is 0 Å². The van der Waals surface area contributed by atoms with E-state index in [1.54, 1.807) is 0 Å². The molecule has 4 heterocycles. The van der Waals surface area contributed by atoms with Gasteiger partial charge in [0.15, 0.2) is 34.9 Å². The standard InChI is InChI=1S/2C58H35N3O.2CH4/c1-2-15-36(16-3-1)37-29-31-38(32-30-37)55-59-56(61-57(60-55)47-24-14-23-46-45-22-9-13-28-53(45)62-54(46)47)39-33-34-52-48(35-39)44-21-8-12-27-51(44)58(52)49-25-10-6-19-42(49)40-17-4-5-18-41(40)43-20-7-11-26-50(43)58;1-2-14-36(15-3-1)37-26-28-38(29-27-37)55-59-56(61-57(60-55)40-30-32-47-46-21-9-13-25-53(46)62-54(47)35-40)39-31-33-52-48(34-39)45-20-8-12-24-51(45)58(52)49-22-10-6-18-43(49)41-16-4-5-17-42(41)44-19-7-11-23-50(44)58;;/h2*1-35H;2*1H4. The summed E-state index contributed by atoms with van der Waals surface area (Å²) in [6.07, 6.45) is 0. The molecule has 22 aromatic rings. The zero-order chi connectivity index (χ0) is 81.6. The summed E-state index contributed by atoms with van der Waals surface area (Å²) in [5.74, 6) is 3.55. The molecule has 592 valence electrons. The maximum atomic E-state index is 6.55. The molecule has 2 spiro atoms. The Bertz CT molecular complexity index is 7990. The van der Waals surface area contributed by atoms with Gasteiger partial charge in [0.05, 0.1) is 16.4 Å². The number of nitrogens with zero attached hydrogens (tertiary/aromatic N) is 6. The number of furan rings is 2. The summed E-state index contributed by atoms with van der Waals surface area (Å²) < 4.78 is 12.9. The van der Waals surface area contributed by atoms with Gasteiger partial charge in [-0.15, -0.1) is 0 Å². The summed E-state index contributed by atoms with van der Waals surface area (Å²) in [4.78, 5) is 31.4. The van der Waals surface area contributed by atoms with Crippen LogP contribution in [0.1, 0.15) is 59.4 Å². The third-order valence-electron chi connectivity index (χ3n) is 26.0. The molecule has 26 rings (SSSR count). The number of fused-ring (bicyclic) bond motifs is 30. The highest BCUT2D eigenvalue weighted by molar-refractivity contribution is 6.10. The van der Waals surface area contributed by atoms with Crippen LogP contribution in [0.25, 0.3) is 201 Å². The van der Waals surface area contributed by atoms with Crippen molar-refractivity contribution in [1.82, 2.24) is 29.9 Å². The van der Waals surface area contributed by atoms with Crippen molar-refractivity contribution in [3.05, 3.63) is 469 Å². The second-order valence-corrected chi connectivity index (χ2v) is 32.5. The largest absolute Gasteiger partial charge is 0.456 e. The molecule has 4 aromatic heterocycles. The van der Waals surface area contributed by atoms with Gasteiger partial charge < -0.3 is 8.83 Å². The van der Waals surface area contributed by atoms with Gasteiger partial charge in [0.25, 0.3) is 0 Å². The van der Waals surface area contributed by atoms with E-state index in [0.29, 0.717) is 34.9 Å². The van der Waals surface area contributed by atoms with Crippen LogP contribution in [-0.4, -0.2) is 29.9 Å². The predicted molar refractivity (Wildman–Crippen MR) is 515 cm³/mol. The quantitative estimate of drug-likeness (QED) is 0.148. The molecule has 18 aromatic carbocycles. The summed E-state index contributed by atoms with van der Waals surface area (Å²) >= 11 is 0. The van der Waals surface area contributed by atoms with Crippen LogP contribution in [0.3, 0.4) is 0 Å². The molecule has 4 aliphatic carbocycles. The van der Waals surface area contributed by atoms with E-state index in [4.69, 9.17) is 38.7 Å². The number of para-hydroxylation sites is 3. The molecule has 0 atom stereocenters. The molecule has 0 bridgehead atoms. The highest BCUT2D eigenvalue weighted by Crippen LogP contribution is 2.64. The van der Waals surface area contributed by atoms with Crippen LogP contribution in [0.5, 0.6) is 0 Å². The van der Waals surface area contributed by atoms with E-state index in [1.807, 2.05) is 54.6 Å². The van der Waals surface area contributed by atoms with Gasteiger partial charge in [0.1, 0.15) is 22.3 Å². The van der Waals surface area contributed by atoms with Gasteiger partial charge >= 0.3 is 0 Å². The third kappa shape index (κ3) is 11.5. The minimum atomic E-state index is -0.566. The minimum absolute atomic E-state index is 0. The van der Waals surface area contributed by atoms with E-state index < -0.39 is 10.8 Å². The lowest BCUT2D eigenvalue weighted by Gasteiger charge is -2.35. The fourth-order valence-corrected chi connectivity index (χ4v) is 20.6. The maximum Gasteiger partial charge on any atom is 0.167 e. The molecule has 0 saturated heterocycles. The first-order chi connectivity index (χ1) is 61.5. The van der Waals surface area contributed by atoms with Crippen LogP contribution in [0.4, 0.5) is 0 Å². The Morgan fingerprint density at radius 3 is 0.810 bits per heavy atom. The van der Waals surface area contributed by atoms with Crippen molar-refractivity contribution in [2.75, 3.05) is 0 Å². The molecule has 8 nitrogen and oxygen atoms in total. The topological polar surface area (TPSA) is 104 Å². The van der Waals surface area contributed by atoms with Crippen molar-refractivity contribution in [2.45, 2.75) is 25.7 Å². The molecule has 126 heavy (non-hydrogen) atoms. The van der Waals surface area contributed by atoms with Crippen molar-refractivity contribution < 1.29 is 8.83 Å². The lowest BCUT2D eigenvalue weighted by molar-refractivity contribution is 0.669. The smallest absolute Gasteiger partial charge is 0.167 e. The average molecular weight is 1610 g/mol. The second-order valence-electron chi connectivity index (χ2n) is 32.5. The molecule has 4 aliphatic rings. The Kier molecular flexibility index (Phi) is 17.6. The van der Waals surface area contributed by atoms with Gasteiger partial charge in [-0.3, -0.25) is 0 Å². The molecular formula is C118H78N6O2. The van der Waals surface area contributed by atoms with Gasteiger partial charge in [-0.1, -0.05) is 397 Å². The number of benzene rings is 18. The van der Waals surface area contributed by atoms with Crippen LogP contribution in [0, 0.1) is 0 Å². The number of hydrogen-bond donors (Lipinski definition) is 0. The van der Waals surface area contributed by atoms with Crippen molar-refractivity contribution >= 4 is 43.9 Å². The Hall–Kier alpha value is -16.4. The van der Waals surface area contributed by atoms with E-state index in [9.17, 15) is 0 Å². The summed E-state index contributed by atoms with van der Waals surface area (Å²) in [6, 6.07) is 152. The molecule has 0 amide bonds. The second kappa shape index (κ2) is 29.7. The van der Waals surface area contributed by atoms with E-state index >= 15 is 0 Å². The van der Waals surface area contributed by atoms with Gasteiger partial charge in [0, 0.05) is 49.4 Å².